The lowest BCUT2D eigenvalue weighted by molar-refractivity contribution is 1.07. The summed E-state index contributed by atoms with van der Waals surface area (Å²) in [6, 6.07) is 10.0. The molecule has 0 unspecified atom stereocenters. The van der Waals surface area contributed by atoms with Gasteiger partial charge in [0.25, 0.3) is 0 Å². The Morgan fingerprint density at radius 2 is 1.90 bits per heavy atom. The summed E-state index contributed by atoms with van der Waals surface area (Å²) in [6.45, 7) is 0. The fourth-order valence-electron chi connectivity index (χ4n) is 2.11. The van der Waals surface area contributed by atoms with Crippen molar-refractivity contribution in [3.05, 3.63) is 41.0 Å². The van der Waals surface area contributed by atoms with Crippen LogP contribution in [0.25, 0.3) is 16.9 Å². The van der Waals surface area contributed by atoms with Gasteiger partial charge in [-0.25, -0.2) is 9.97 Å². The van der Waals surface area contributed by atoms with Crippen molar-refractivity contribution in [1.82, 2.24) is 14.5 Å². The summed E-state index contributed by atoms with van der Waals surface area (Å²) in [5.74, 6) is 0.434. The van der Waals surface area contributed by atoms with Crippen molar-refractivity contribution >= 4 is 38.7 Å². The summed E-state index contributed by atoms with van der Waals surface area (Å²) in [6.07, 6.45) is 1.74. The normalized spacial score (nSPS) is 10.9. The molecule has 2 N–H and O–H groups in total. The number of nitrogens with zero attached hydrogens (tertiary/aromatic N) is 4. The van der Waals surface area contributed by atoms with Crippen molar-refractivity contribution in [1.29, 1.82) is 0 Å². The number of nitrogens with two attached hydrogens (primary N) is 1. The van der Waals surface area contributed by atoms with Crippen molar-refractivity contribution in [2.24, 2.45) is 0 Å². The first-order chi connectivity index (χ1) is 9.56. The highest BCUT2D eigenvalue weighted by molar-refractivity contribution is 9.10. The van der Waals surface area contributed by atoms with Gasteiger partial charge in [-0.15, -0.1) is 0 Å². The van der Waals surface area contributed by atoms with E-state index in [0.717, 1.165) is 27.0 Å². The first-order valence-electron chi connectivity index (χ1n) is 6.13. The van der Waals surface area contributed by atoms with E-state index < -0.39 is 0 Å². The van der Waals surface area contributed by atoms with Gasteiger partial charge in [-0.3, -0.25) is 4.57 Å². The number of hydrogen-bond acceptors (Lipinski definition) is 4. The average Bonchev–Trinajstić information content (AvgIpc) is 2.73. The number of halogens is 1. The molecule has 102 valence electrons. The Morgan fingerprint density at radius 3 is 2.55 bits per heavy atom. The van der Waals surface area contributed by atoms with Gasteiger partial charge in [-0.2, -0.15) is 0 Å². The first-order valence-corrected chi connectivity index (χ1v) is 6.93. The van der Waals surface area contributed by atoms with Crippen LogP contribution in [0.5, 0.6) is 0 Å². The molecular formula is C14H14BrN5. The highest BCUT2D eigenvalue weighted by Gasteiger charge is 2.11. The number of nitrogen functional groups attached to an aromatic ring is 1. The fourth-order valence-corrected chi connectivity index (χ4v) is 2.43. The lowest BCUT2D eigenvalue weighted by Gasteiger charge is -2.13. The molecule has 0 fully saturated rings. The number of imidazole rings is 1. The molecule has 0 aliphatic carbocycles. The van der Waals surface area contributed by atoms with E-state index in [2.05, 4.69) is 30.8 Å². The molecule has 20 heavy (non-hydrogen) atoms. The molecule has 0 amide bonds. The second-order valence-electron chi connectivity index (χ2n) is 4.71. The molecule has 0 spiro atoms. The minimum Gasteiger partial charge on any atom is -0.378 e. The maximum absolute atomic E-state index is 6.02. The van der Waals surface area contributed by atoms with Crippen molar-refractivity contribution in [2.75, 3.05) is 24.7 Å². The third-order valence-corrected chi connectivity index (χ3v) is 3.55. The first kappa shape index (κ1) is 12.9. The predicted molar refractivity (Wildman–Crippen MR) is 85.3 cm³/mol. The Morgan fingerprint density at radius 1 is 1.20 bits per heavy atom. The molecule has 0 bridgehead atoms. The molecule has 0 atom stereocenters. The zero-order valence-electron chi connectivity index (χ0n) is 11.2. The SMILES string of the molecule is CN(C)c1ccc(-n2c(N)nc3cc(Br)cnc32)cc1. The van der Waals surface area contributed by atoms with Crippen LogP contribution in [0.1, 0.15) is 0 Å². The molecule has 5 nitrogen and oxygen atoms in total. The van der Waals surface area contributed by atoms with Crippen LogP contribution in [0.15, 0.2) is 41.0 Å². The largest absolute Gasteiger partial charge is 0.378 e. The Labute approximate surface area is 125 Å². The lowest BCUT2D eigenvalue weighted by atomic mass is 10.2. The van der Waals surface area contributed by atoms with Crippen LogP contribution in [0.2, 0.25) is 0 Å². The summed E-state index contributed by atoms with van der Waals surface area (Å²) in [4.78, 5) is 10.8. The molecule has 6 heteroatoms. The minimum absolute atomic E-state index is 0.434. The Balaban J connectivity index is 2.16. The Bertz CT molecular complexity index is 761. The summed E-state index contributed by atoms with van der Waals surface area (Å²) in [5, 5.41) is 0. The lowest BCUT2D eigenvalue weighted by Crippen LogP contribution is -2.08. The van der Waals surface area contributed by atoms with E-state index >= 15 is 0 Å². The van der Waals surface area contributed by atoms with Crippen LogP contribution in [0.3, 0.4) is 0 Å². The van der Waals surface area contributed by atoms with Gasteiger partial charge in [0.2, 0.25) is 5.95 Å². The fraction of sp³-hybridized carbons (Fsp3) is 0.143. The third-order valence-electron chi connectivity index (χ3n) is 3.11. The molecule has 0 aliphatic heterocycles. The van der Waals surface area contributed by atoms with Gasteiger partial charge in [0, 0.05) is 30.5 Å². The average molecular weight is 332 g/mol. The van der Waals surface area contributed by atoms with Crippen LogP contribution in [-0.4, -0.2) is 28.6 Å². The van der Waals surface area contributed by atoms with E-state index in [4.69, 9.17) is 5.73 Å². The molecule has 0 radical (unpaired) electrons. The Hall–Kier alpha value is -2.08. The van der Waals surface area contributed by atoms with Crippen LogP contribution < -0.4 is 10.6 Å². The number of hydrogen-bond donors (Lipinski definition) is 1. The molecule has 0 aliphatic rings. The van der Waals surface area contributed by atoms with Gasteiger partial charge in [0.05, 0.1) is 5.69 Å². The number of anilines is 2. The molecule has 2 aromatic heterocycles. The standard InChI is InChI=1S/C14H14BrN5/c1-19(2)10-3-5-11(6-4-10)20-13-12(18-14(20)16)7-9(15)8-17-13/h3-8H,1-2H3,(H2,16,18). The van der Waals surface area contributed by atoms with Gasteiger partial charge >= 0.3 is 0 Å². The van der Waals surface area contributed by atoms with Crippen LogP contribution in [0.4, 0.5) is 11.6 Å². The number of aromatic nitrogens is 3. The number of benzene rings is 1. The number of pyridine rings is 1. The Kier molecular flexibility index (Phi) is 3.10. The smallest absolute Gasteiger partial charge is 0.207 e. The molecule has 3 aromatic rings. The van der Waals surface area contributed by atoms with E-state index in [1.165, 1.54) is 0 Å². The van der Waals surface area contributed by atoms with Gasteiger partial charge in [-0.05, 0) is 46.3 Å². The van der Waals surface area contributed by atoms with Crippen molar-refractivity contribution < 1.29 is 0 Å². The van der Waals surface area contributed by atoms with Crippen LogP contribution in [-0.2, 0) is 0 Å². The molecule has 0 saturated carbocycles. The summed E-state index contributed by atoms with van der Waals surface area (Å²) < 4.78 is 2.74. The van der Waals surface area contributed by atoms with Crippen molar-refractivity contribution in [3.8, 4) is 5.69 Å². The van der Waals surface area contributed by atoms with E-state index in [1.807, 2.05) is 49.0 Å². The maximum Gasteiger partial charge on any atom is 0.207 e. The van der Waals surface area contributed by atoms with E-state index in [1.54, 1.807) is 6.20 Å². The van der Waals surface area contributed by atoms with Crippen molar-refractivity contribution in [3.63, 3.8) is 0 Å². The highest BCUT2D eigenvalue weighted by Crippen LogP contribution is 2.24. The van der Waals surface area contributed by atoms with E-state index in [9.17, 15) is 0 Å². The highest BCUT2D eigenvalue weighted by atomic mass is 79.9. The van der Waals surface area contributed by atoms with Gasteiger partial charge < -0.3 is 10.6 Å². The molecule has 2 heterocycles. The maximum atomic E-state index is 6.02. The topological polar surface area (TPSA) is 60.0 Å². The molecular weight excluding hydrogens is 318 g/mol. The van der Waals surface area contributed by atoms with Crippen molar-refractivity contribution in [2.45, 2.75) is 0 Å². The van der Waals surface area contributed by atoms with E-state index in [-0.39, 0.29) is 0 Å². The van der Waals surface area contributed by atoms with E-state index in [0.29, 0.717) is 5.95 Å². The van der Waals surface area contributed by atoms with Crippen LogP contribution >= 0.6 is 15.9 Å². The van der Waals surface area contributed by atoms with Crippen LogP contribution in [0, 0.1) is 0 Å². The molecule has 1 aromatic carbocycles. The quantitative estimate of drug-likeness (QED) is 0.784. The third kappa shape index (κ3) is 2.12. The summed E-state index contributed by atoms with van der Waals surface area (Å²) >= 11 is 3.39. The van der Waals surface area contributed by atoms with Gasteiger partial charge in [0.15, 0.2) is 5.65 Å². The molecule has 3 rings (SSSR count). The summed E-state index contributed by atoms with van der Waals surface area (Å²) in [5.41, 5.74) is 9.63. The second-order valence-corrected chi connectivity index (χ2v) is 5.63. The van der Waals surface area contributed by atoms with Gasteiger partial charge in [0.1, 0.15) is 5.52 Å². The van der Waals surface area contributed by atoms with Gasteiger partial charge in [-0.1, -0.05) is 0 Å². The number of fused-ring (bicyclic) bond motifs is 1. The summed E-state index contributed by atoms with van der Waals surface area (Å²) in [7, 11) is 4.02. The number of rotatable bonds is 2. The zero-order chi connectivity index (χ0) is 14.3. The monoisotopic (exact) mass is 331 g/mol. The second kappa shape index (κ2) is 4.79. The molecule has 0 saturated heterocycles. The zero-order valence-corrected chi connectivity index (χ0v) is 12.8. The predicted octanol–water partition coefficient (Wildman–Crippen LogP) is 2.83. The minimum atomic E-state index is 0.434.